The molecule has 0 bridgehead atoms. The van der Waals surface area contributed by atoms with E-state index in [1.807, 2.05) is 48.5 Å². The Morgan fingerprint density at radius 2 is 1.68 bits per heavy atom. The zero-order chi connectivity index (χ0) is 13.7. The Morgan fingerprint density at radius 1 is 1.00 bits per heavy atom. The SMILES string of the molecule is COc1ccc(C#Cc2cccc([C@H](C)O)c2)cc1. The average Bonchev–Trinajstić information content (AvgIpc) is 2.46. The molecular weight excluding hydrogens is 236 g/mol. The summed E-state index contributed by atoms with van der Waals surface area (Å²) in [5.41, 5.74) is 2.71. The Labute approximate surface area is 113 Å². The fourth-order valence-corrected chi connectivity index (χ4v) is 1.69. The molecule has 0 saturated carbocycles. The number of hydrogen-bond acceptors (Lipinski definition) is 2. The van der Waals surface area contributed by atoms with Gasteiger partial charge >= 0.3 is 0 Å². The first kappa shape index (κ1) is 13.2. The molecule has 0 fully saturated rings. The summed E-state index contributed by atoms with van der Waals surface area (Å²) in [4.78, 5) is 0. The van der Waals surface area contributed by atoms with E-state index in [4.69, 9.17) is 4.74 Å². The lowest BCUT2D eigenvalue weighted by Gasteiger charge is -2.03. The molecule has 0 saturated heterocycles. The summed E-state index contributed by atoms with van der Waals surface area (Å²) in [6.45, 7) is 1.75. The van der Waals surface area contributed by atoms with Crippen LogP contribution in [0.1, 0.15) is 29.7 Å². The third-order valence-electron chi connectivity index (χ3n) is 2.81. The molecular formula is C17H16O2. The van der Waals surface area contributed by atoms with Crippen LogP contribution in [0.25, 0.3) is 0 Å². The molecule has 2 heteroatoms. The van der Waals surface area contributed by atoms with Crippen molar-refractivity contribution >= 4 is 0 Å². The Kier molecular flexibility index (Phi) is 4.22. The number of hydrogen-bond donors (Lipinski definition) is 1. The molecule has 2 nitrogen and oxygen atoms in total. The van der Waals surface area contributed by atoms with Gasteiger partial charge in [0.1, 0.15) is 5.75 Å². The minimum Gasteiger partial charge on any atom is -0.497 e. The molecule has 0 aromatic heterocycles. The number of ether oxygens (including phenoxy) is 1. The normalized spacial score (nSPS) is 11.3. The fraction of sp³-hybridized carbons (Fsp3) is 0.176. The maximum Gasteiger partial charge on any atom is 0.118 e. The van der Waals surface area contributed by atoms with Crippen molar-refractivity contribution in [3.63, 3.8) is 0 Å². The van der Waals surface area contributed by atoms with E-state index in [-0.39, 0.29) is 0 Å². The third kappa shape index (κ3) is 3.61. The summed E-state index contributed by atoms with van der Waals surface area (Å²) < 4.78 is 5.10. The minimum atomic E-state index is -0.470. The van der Waals surface area contributed by atoms with Crippen molar-refractivity contribution in [1.29, 1.82) is 0 Å². The zero-order valence-electron chi connectivity index (χ0n) is 11.1. The molecule has 0 aliphatic rings. The second-order valence-electron chi connectivity index (χ2n) is 4.28. The highest BCUT2D eigenvalue weighted by atomic mass is 16.5. The van der Waals surface area contributed by atoms with Crippen molar-refractivity contribution in [2.24, 2.45) is 0 Å². The van der Waals surface area contributed by atoms with Crippen molar-refractivity contribution < 1.29 is 9.84 Å². The van der Waals surface area contributed by atoms with Gasteiger partial charge in [0.2, 0.25) is 0 Å². The number of aliphatic hydroxyl groups excluding tert-OH is 1. The van der Waals surface area contributed by atoms with E-state index in [9.17, 15) is 5.11 Å². The van der Waals surface area contributed by atoms with Gasteiger partial charge in [-0.25, -0.2) is 0 Å². The van der Waals surface area contributed by atoms with Gasteiger partial charge in [0.15, 0.2) is 0 Å². The predicted molar refractivity (Wildman–Crippen MR) is 76.0 cm³/mol. The van der Waals surface area contributed by atoms with Crippen molar-refractivity contribution in [1.82, 2.24) is 0 Å². The first-order valence-electron chi connectivity index (χ1n) is 6.13. The average molecular weight is 252 g/mol. The maximum atomic E-state index is 9.53. The van der Waals surface area contributed by atoms with Crippen molar-refractivity contribution in [2.75, 3.05) is 7.11 Å². The second kappa shape index (κ2) is 6.08. The van der Waals surface area contributed by atoms with E-state index in [0.717, 1.165) is 22.4 Å². The minimum absolute atomic E-state index is 0.470. The van der Waals surface area contributed by atoms with E-state index in [1.54, 1.807) is 14.0 Å². The number of rotatable bonds is 2. The van der Waals surface area contributed by atoms with Crippen LogP contribution in [0.15, 0.2) is 48.5 Å². The van der Waals surface area contributed by atoms with Crippen LogP contribution in [0, 0.1) is 11.8 Å². The van der Waals surface area contributed by atoms with Gasteiger partial charge in [0.05, 0.1) is 13.2 Å². The van der Waals surface area contributed by atoms with Crippen LogP contribution in [0.4, 0.5) is 0 Å². The van der Waals surface area contributed by atoms with Gasteiger partial charge in [-0.2, -0.15) is 0 Å². The topological polar surface area (TPSA) is 29.5 Å². The van der Waals surface area contributed by atoms with Gasteiger partial charge in [0.25, 0.3) is 0 Å². The van der Waals surface area contributed by atoms with Crippen LogP contribution in [-0.4, -0.2) is 12.2 Å². The van der Waals surface area contributed by atoms with Crippen molar-refractivity contribution in [2.45, 2.75) is 13.0 Å². The van der Waals surface area contributed by atoms with Gasteiger partial charge in [0, 0.05) is 11.1 Å². The Balaban J connectivity index is 2.20. The summed E-state index contributed by atoms with van der Waals surface area (Å²) >= 11 is 0. The van der Waals surface area contributed by atoms with Crippen molar-refractivity contribution in [3.8, 4) is 17.6 Å². The van der Waals surface area contributed by atoms with Gasteiger partial charge < -0.3 is 9.84 Å². The quantitative estimate of drug-likeness (QED) is 0.832. The molecule has 0 unspecified atom stereocenters. The Hall–Kier alpha value is -2.24. The maximum absolute atomic E-state index is 9.53. The largest absolute Gasteiger partial charge is 0.497 e. The molecule has 0 spiro atoms. The van der Waals surface area contributed by atoms with Gasteiger partial charge in [-0.3, -0.25) is 0 Å². The van der Waals surface area contributed by atoms with E-state index in [2.05, 4.69) is 11.8 Å². The van der Waals surface area contributed by atoms with Gasteiger partial charge in [-0.15, -0.1) is 0 Å². The Morgan fingerprint density at radius 3 is 2.32 bits per heavy atom. The van der Waals surface area contributed by atoms with E-state index >= 15 is 0 Å². The van der Waals surface area contributed by atoms with Crippen LogP contribution < -0.4 is 4.74 Å². The molecule has 0 radical (unpaired) electrons. The molecule has 1 N–H and O–H groups in total. The summed E-state index contributed by atoms with van der Waals surface area (Å²) in [7, 11) is 1.64. The summed E-state index contributed by atoms with van der Waals surface area (Å²) in [5, 5.41) is 9.53. The van der Waals surface area contributed by atoms with Crippen LogP contribution in [0.2, 0.25) is 0 Å². The molecule has 0 heterocycles. The molecule has 19 heavy (non-hydrogen) atoms. The molecule has 2 aromatic carbocycles. The third-order valence-corrected chi connectivity index (χ3v) is 2.81. The highest BCUT2D eigenvalue weighted by Gasteiger charge is 1.99. The zero-order valence-corrected chi connectivity index (χ0v) is 11.1. The summed E-state index contributed by atoms with van der Waals surface area (Å²) in [5.74, 6) is 7.00. The molecule has 0 amide bonds. The molecule has 0 aliphatic carbocycles. The summed E-state index contributed by atoms with van der Waals surface area (Å²) in [6.07, 6.45) is -0.470. The molecule has 0 aliphatic heterocycles. The number of benzene rings is 2. The molecule has 1 atom stereocenters. The highest BCUT2D eigenvalue weighted by molar-refractivity contribution is 5.45. The molecule has 2 aromatic rings. The number of methoxy groups -OCH3 is 1. The summed E-state index contributed by atoms with van der Waals surface area (Å²) in [6, 6.07) is 15.2. The lowest BCUT2D eigenvalue weighted by molar-refractivity contribution is 0.199. The second-order valence-corrected chi connectivity index (χ2v) is 4.28. The lowest BCUT2D eigenvalue weighted by atomic mass is 10.1. The lowest BCUT2D eigenvalue weighted by Crippen LogP contribution is -1.90. The predicted octanol–water partition coefficient (Wildman–Crippen LogP) is 3.15. The molecule has 2 rings (SSSR count). The van der Waals surface area contributed by atoms with E-state index < -0.39 is 6.10 Å². The molecule has 96 valence electrons. The fourth-order valence-electron chi connectivity index (χ4n) is 1.69. The van der Waals surface area contributed by atoms with E-state index in [0.29, 0.717) is 0 Å². The van der Waals surface area contributed by atoms with Crippen LogP contribution >= 0.6 is 0 Å². The number of aliphatic hydroxyl groups is 1. The van der Waals surface area contributed by atoms with Crippen LogP contribution in [-0.2, 0) is 0 Å². The van der Waals surface area contributed by atoms with Crippen molar-refractivity contribution in [3.05, 3.63) is 65.2 Å². The van der Waals surface area contributed by atoms with Gasteiger partial charge in [-0.05, 0) is 48.9 Å². The van der Waals surface area contributed by atoms with Crippen LogP contribution in [0.3, 0.4) is 0 Å². The first-order chi connectivity index (χ1) is 9.19. The Bertz CT molecular complexity index is 601. The van der Waals surface area contributed by atoms with E-state index in [1.165, 1.54) is 0 Å². The smallest absolute Gasteiger partial charge is 0.118 e. The monoisotopic (exact) mass is 252 g/mol. The van der Waals surface area contributed by atoms with Crippen LogP contribution in [0.5, 0.6) is 5.75 Å². The van der Waals surface area contributed by atoms with Gasteiger partial charge in [-0.1, -0.05) is 24.0 Å². The highest BCUT2D eigenvalue weighted by Crippen LogP contribution is 2.13. The first-order valence-corrected chi connectivity index (χ1v) is 6.13. The standard InChI is InChI=1S/C17H16O2/c1-13(18)16-5-3-4-15(12-16)7-6-14-8-10-17(19-2)11-9-14/h3-5,8-13,18H,1-2H3/t13-/m0/s1.